The third kappa shape index (κ3) is 4.16. The van der Waals surface area contributed by atoms with Gasteiger partial charge in [0.1, 0.15) is 0 Å². The molecule has 44 valence electrons. The topological polar surface area (TPSA) is 9.23 Å². The van der Waals surface area contributed by atoms with Crippen molar-refractivity contribution < 1.29 is 4.74 Å². The minimum absolute atomic E-state index is 0.591. The molecule has 0 heterocycles. The van der Waals surface area contributed by atoms with E-state index in [4.69, 9.17) is 4.74 Å². The lowest BCUT2D eigenvalue weighted by molar-refractivity contribution is 0.168. The third-order valence-corrected chi connectivity index (χ3v) is 1.39. The van der Waals surface area contributed by atoms with Gasteiger partial charge in [-0.15, -0.1) is 0 Å². The number of hydrogen-bond acceptors (Lipinski definition) is 2. The molecular formula is C5H12OS. The lowest BCUT2D eigenvalue weighted by Crippen LogP contribution is -2.03. The second-order valence-electron chi connectivity index (χ2n) is 1.74. The summed E-state index contributed by atoms with van der Waals surface area (Å²) in [5, 5.41) is 0. The first-order valence-electron chi connectivity index (χ1n) is 2.41. The van der Waals surface area contributed by atoms with Crippen LogP contribution in [-0.4, -0.2) is 19.5 Å². The highest BCUT2D eigenvalue weighted by atomic mass is 32.1. The van der Waals surface area contributed by atoms with Crippen LogP contribution < -0.4 is 0 Å². The largest absolute Gasteiger partial charge is 0.384 e. The molecule has 0 aromatic carbocycles. The van der Waals surface area contributed by atoms with Crippen molar-refractivity contribution in [1.82, 2.24) is 0 Å². The van der Waals surface area contributed by atoms with Crippen LogP contribution in [-0.2, 0) is 4.74 Å². The van der Waals surface area contributed by atoms with Crippen molar-refractivity contribution in [2.75, 3.05) is 19.5 Å². The van der Waals surface area contributed by atoms with Crippen LogP contribution in [0.3, 0.4) is 0 Å². The summed E-state index contributed by atoms with van der Waals surface area (Å²) < 4.78 is 4.85. The summed E-state index contributed by atoms with van der Waals surface area (Å²) in [6, 6.07) is 0. The van der Waals surface area contributed by atoms with E-state index in [1.807, 2.05) is 0 Å². The van der Waals surface area contributed by atoms with E-state index in [0.29, 0.717) is 5.92 Å². The zero-order valence-electron chi connectivity index (χ0n) is 4.85. The fourth-order valence-electron chi connectivity index (χ4n) is 0.337. The van der Waals surface area contributed by atoms with Crippen molar-refractivity contribution in [1.29, 1.82) is 0 Å². The Morgan fingerprint density at radius 3 is 2.43 bits per heavy atom. The quantitative estimate of drug-likeness (QED) is 0.551. The molecule has 0 rings (SSSR count). The Hall–Kier alpha value is 0.310. The standard InChI is InChI=1S/C5H12OS/c1-5(4-7)3-6-2/h5,7H,3-4H2,1-2H3. The number of hydrogen-bond donors (Lipinski definition) is 1. The van der Waals surface area contributed by atoms with Gasteiger partial charge in [0.15, 0.2) is 0 Å². The number of rotatable bonds is 3. The molecule has 0 bridgehead atoms. The number of thiol groups is 1. The summed E-state index contributed by atoms with van der Waals surface area (Å²) in [4.78, 5) is 0. The lowest BCUT2D eigenvalue weighted by atomic mass is 10.2. The van der Waals surface area contributed by atoms with Crippen molar-refractivity contribution in [3.63, 3.8) is 0 Å². The van der Waals surface area contributed by atoms with Gasteiger partial charge < -0.3 is 4.74 Å². The molecule has 0 aromatic heterocycles. The fraction of sp³-hybridized carbons (Fsp3) is 1.00. The Balaban J connectivity index is 2.83. The van der Waals surface area contributed by atoms with E-state index in [-0.39, 0.29) is 0 Å². The van der Waals surface area contributed by atoms with Gasteiger partial charge in [0, 0.05) is 13.7 Å². The molecule has 7 heavy (non-hydrogen) atoms. The zero-order chi connectivity index (χ0) is 5.70. The second-order valence-corrected chi connectivity index (χ2v) is 2.11. The summed E-state index contributed by atoms with van der Waals surface area (Å²) >= 11 is 4.07. The Bertz CT molecular complexity index is 39.1. The normalized spacial score (nSPS) is 14.1. The van der Waals surface area contributed by atoms with Gasteiger partial charge >= 0.3 is 0 Å². The first-order valence-corrected chi connectivity index (χ1v) is 3.04. The first kappa shape index (κ1) is 7.31. The van der Waals surface area contributed by atoms with Gasteiger partial charge in [-0.25, -0.2) is 0 Å². The average molecular weight is 120 g/mol. The van der Waals surface area contributed by atoms with Gasteiger partial charge in [-0.05, 0) is 11.7 Å². The second kappa shape index (κ2) is 4.47. The van der Waals surface area contributed by atoms with E-state index in [9.17, 15) is 0 Å². The molecule has 0 aliphatic rings. The predicted molar refractivity (Wildman–Crippen MR) is 34.9 cm³/mol. The summed E-state index contributed by atoms with van der Waals surface area (Å²) in [6.45, 7) is 2.93. The Kier molecular flexibility index (Phi) is 4.67. The monoisotopic (exact) mass is 120 g/mol. The fourth-order valence-corrected chi connectivity index (χ4v) is 0.443. The summed E-state index contributed by atoms with van der Waals surface area (Å²) in [6.07, 6.45) is 0. The SMILES string of the molecule is COCC(C)CS. The summed E-state index contributed by atoms with van der Waals surface area (Å²) in [5.74, 6) is 1.50. The van der Waals surface area contributed by atoms with Crippen molar-refractivity contribution in [2.24, 2.45) is 5.92 Å². The van der Waals surface area contributed by atoms with Gasteiger partial charge in [-0.1, -0.05) is 6.92 Å². The Labute approximate surface area is 50.5 Å². The Morgan fingerprint density at radius 2 is 2.29 bits per heavy atom. The lowest BCUT2D eigenvalue weighted by Gasteiger charge is -2.02. The van der Waals surface area contributed by atoms with Gasteiger partial charge in [0.2, 0.25) is 0 Å². The van der Waals surface area contributed by atoms with Crippen LogP contribution in [0.4, 0.5) is 0 Å². The third-order valence-electron chi connectivity index (χ3n) is 0.763. The minimum atomic E-state index is 0.591. The molecule has 0 N–H and O–H groups in total. The smallest absolute Gasteiger partial charge is 0.0495 e. The zero-order valence-corrected chi connectivity index (χ0v) is 5.74. The molecule has 0 radical (unpaired) electrons. The van der Waals surface area contributed by atoms with E-state index in [1.54, 1.807) is 7.11 Å². The van der Waals surface area contributed by atoms with E-state index in [0.717, 1.165) is 12.4 Å². The number of ether oxygens (including phenoxy) is 1. The van der Waals surface area contributed by atoms with Crippen molar-refractivity contribution in [2.45, 2.75) is 6.92 Å². The van der Waals surface area contributed by atoms with Crippen molar-refractivity contribution in [3.8, 4) is 0 Å². The average Bonchev–Trinajstić information content (AvgIpc) is 1.68. The molecule has 0 aliphatic heterocycles. The molecule has 0 fully saturated rings. The molecule has 1 nitrogen and oxygen atoms in total. The molecule has 0 aromatic rings. The van der Waals surface area contributed by atoms with Gasteiger partial charge in [0.25, 0.3) is 0 Å². The van der Waals surface area contributed by atoms with Crippen LogP contribution >= 0.6 is 12.6 Å². The maximum atomic E-state index is 4.85. The first-order chi connectivity index (χ1) is 3.31. The van der Waals surface area contributed by atoms with Gasteiger partial charge in [-0.3, -0.25) is 0 Å². The highest BCUT2D eigenvalue weighted by Crippen LogP contribution is 1.95. The molecule has 0 aliphatic carbocycles. The van der Waals surface area contributed by atoms with Crippen molar-refractivity contribution in [3.05, 3.63) is 0 Å². The van der Waals surface area contributed by atoms with Crippen LogP contribution in [0.15, 0.2) is 0 Å². The van der Waals surface area contributed by atoms with Crippen LogP contribution in [0, 0.1) is 5.92 Å². The van der Waals surface area contributed by atoms with E-state index in [2.05, 4.69) is 19.6 Å². The predicted octanol–water partition coefficient (Wildman–Crippen LogP) is 1.20. The maximum Gasteiger partial charge on any atom is 0.0495 e. The van der Waals surface area contributed by atoms with Crippen LogP contribution in [0.2, 0.25) is 0 Å². The maximum absolute atomic E-state index is 4.85. The molecule has 0 amide bonds. The molecule has 0 saturated carbocycles. The minimum Gasteiger partial charge on any atom is -0.384 e. The van der Waals surface area contributed by atoms with Crippen LogP contribution in [0.25, 0.3) is 0 Å². The summed E-state index contributed by atoms with van der Waals surface area (Å²) in [7, 11) is 1.71. The van der Waals surface area contributed by atoms with Crippen LogP contribution in [0.5, 0.6) is 0 Å². The molecular weight excluding hydrogens is 108 g/mol. The highest BCUT2D eigenvalue weighted by Gasteiger charge is 1.93. The molecule has 0 spiro atoms. The molecule has 1 unspecified atom stereocenters. The number of methoxy groups -OCH3 is 1. The summed E-state index contributed by atoms with van der Waals surface area (Å²) in [5.41, 5.74) is 0. The highest BCUT2D eigenvalue weighted by molar-refractivity contribution is 7.80. The molecule has 2 heteroatoms. The van der Waals surface area contributed by atoms with Crippen molar-refractivity contribution >= 4 is 12.6 Å². The molecule has 1 atom stereocenters. The van der Waals surface area contributed by atoms with Gasteiger partial charge in [0.05, 0.1) is 0 Å². The van der Waals surface area contributed by atoms with E-state index < -0.39 is 0 Å². The van der Waals surface area contributed by atoms with Gasteiger partial charge in [-0.2, -0.15) is 12.6 Å². The Morgan fingerprint density at radius 1 is 1.71 bits per heavy atom. The van der Waals surface area contributed by atoms with Crippen LogP contribution in [0.1, 0.15) is 6.92 Å². The van der Waals surface area contributed by atoms with E-state index >= 15 is 0 Å². The van der Waals surface area contributed by atoms with E-state index in [1.165, 1.54) is 0 Å². The molecule has 0 saturated heterocycles.